The lowest BCUT2D eigenvalue weighted by Gasteiger charge is -2.38. The highest BCUT2D eigenvalue weighted by molar-refractivity contribution is 7.21. The predicted octanol–water partition coefficient (Wildman–Crippen LogP) is 3.87. The Morgan fingerprint density at radius 2 is 2.07 bits per heavy atom. The zero-order valence-electron chi connectivity index (χ0n) is 15.2. The van der Waals surface area contributed by atoms with Crippen molar-refractivity contribution in [1.82, 2.24) is 9.88 Å². The maximum atomic E-state index is 11.6. The van der Waals surface area contributed by atoms with E-state index in [0.29, 0.717) is 32.5 Å². The number of likely N-dealkylation sites (tertiary alicyclic amines) is 1. The first-order chi connectivity index (χ1) is 13.1. The summed E-state index contributed by atoms with van der Waals surface area (Å²) in [6.45, 7) is 2.37. The summed E-state index contributed by atoms with van der Waals surface area (Å²) in [7, 11) is 1.56. The Morgan fingerprint density at radius 3 is 2.78 bits per heavy atom. The van der Waals surface area contributed by atoms with Gasteiger partial charge in [0.05, 0.1) is 28.8 Å². The molecule has 0 radical (unpaired) electrons. The van der Waals surface area contributed by atoms with Crippen molar-refractivity contribution in [2.24, 2.45) is 5.41 Å². The van der Waals surface area contributed by atoms with E-state index >= 15 is 0 Å². The number of benzene rings is 1. The summed E-state index contributed by atoms with van der Waals surface area (Å²) in [5.74, 6) is 0.890. The Bertz CT molecular complexity index is 907. The summed E-state index contributed by atoms with van der Waals surface area (Å²) >= 11 is 1.62. The Morgan fingerprint density at radius 1 is 1.30 bits per heavy atom. The number of hydrogen-bond acceptors (Lipinski definition) is 6. The molecule has 142 valence electrons. The minimum absolute atomic E-state index is 0.263. The van der Waals surface area contributed by atoms with Crippen LogP contribution in [0.15, 0.2) is 40.8 Å². The van der Waals surface area contributed by atoms with Crippen LogP contribution >= 0.6 is 11.3 Å². The number of ether oxygens (including phenoxy) is 1. The number of fused-ring (bicyclic) bond motifs is 1. The van der Waals surface area contributed by atoms with Gasteiger partial charge in [0, 0.05) is 7.11 Å². The van der Waals surface area contributed by atoms with E-state index in [1.165, 1.54) is 0 Å². The quantitative estimate of drug-likeness (QED) is 0.693. The van der Waals surface area contributed by atoms with Crippen molar-refractivity contribution < 1.29 is 19.1 Å². The van der Waals surface area contributed by atoms with Gasteiger partial charge in [-0.2, -0.15) is 0 Å². The van der Waals surface area contributed by atoms with E-state index in [1.807, 2.05) is 30.3 Å². The standard InChI is InChI=1S/C20H22N2O4S/c1-25-13-20(19(23)24)8-10-22(11-9-20)12-14-6-7-16(26-14)18-21-15-4-2-3-5-17(15)27-18/h2-7H,8-13H2,1H3,(H,23,24). The van der Waals surface area contributed by atoms with Crippen molar-refractivity contribution in [2.45, 2.75) is 19.4 Å². The normalized spacial score (nSPS) is 17.4. The highest BCUT2D eigenvalue weighted by atomic mass is 32.1. The van der Waals surface area contributed by atoms with Gasteiger partial charge in [0.1, 0.15) is 5.76 Å². The third kappa shape index (κ3) is 3.63. The molecule has 7 heteroatoms. The molecule has 1 saturated heterocycles. The van der Waals surface area contributed by atoms with Crippen molar-refractivity contribution in [2.75, 3.05) is 26.8 Å². The number of carbonyl (C=O) groups is 1. The Balaban J connectivity index is 1.42. The number of aromatic nitrogens is 1. The molecule has 1 N–H and O–H groups in total. The van der Waals surface area contributed by atoms with Crippen LogP contribution in [0, 0.1) is 5.41 Å². The second-order valence-electron chi connectivity index (χ2n) is 7.05. The van der Waals surface area contributed by atoms with E-state index in [-0.39, 0.29) is 6.61 Å². The number of hydrogen-bond donors (Lipinski definition) is 1. The molecule has 3 heterocycles. The molecule has 1 aliphatic heterocycles. The summed E-state index contributed by atoms with van der Waals surface area (Å²) in [6, 6.07) is 12.0. The molecular formula is C20H22N2O4S. The van der Waals surface area contributed by atoms with E-state index in [1.54, 1.807) is 18.4 Å². The molecule has 0 bridgehead atoms. The Labute approximate surface area is 161 Å². The number of aliphatic carboxylic acids is 1. The van der Waals surface area contributed by atoms with E-state index in [2.05, 4.69) is 16.0 Å². The number of methoxy groups -OCH3 is 1. The van der Waals surface area contributed by atoms with Crippen molar-refractivity contribution in [3.63, 3.8) is 0 Å². The Kier molecular flexibility index (Phi) is 4.99. The average molecular weight is 386 g/mol. The van der Waals surface area contributed by atoms with E-state index < -0.39 is 11.4 Å². The maximum Gasteiger partial charge on any atom is 0.312 e. The maximum absolute atomic E-state index is 11.6. The molecule has 2 aromatic heterocycles. The van der Waals surface area contributed by atoms with Crippen molar-refractivity contribution in [3.8, 4) is 10.8 Å². The second-order valence-corrected chi connectivity index (χ2v) is 8.08. The van der Waals surface area contributed by atoms with Crippen LogP contribution in [0.2, 0.25) is 0 Å². The molecule has 0 atom stereocenters. The fourth-order valence-electron chi connectivity index (χ4n) is 3.61. The molecule has 0 saturated carbocycles. The topological polar surface area (TPSA) is 75.8 Å². The molecule has 0 aliphatic carbocycles. The third-order valence-electron chi connectivity index (χ3n) is 5.23. The zero-order chi connectivity index (χ0) is 18.9. The highest BCUT2D eigenvalue weighted by Gasteiger charge is 2.41. The fourth-order valence-corrected chi connectivity index (χ4v) is 4.54. The van der Waals surface area contributed by atoms with Crippen molar-refractivity contribution in [1.29, 1.82) is 0 Å². The van der Waals surface area contributed by atoms with Crippen molar-refractivity contribution >= 4 is 27.5 Å². The van der Waals surface area contributed by atoms with Gasteiger partial charge >= 0.3 is 5.97 Å². The van der Waals surface area contributed by atoms with Crippen LogP contribution in [0.3, 0.4) is 0 Å². The zero-order valence-corrected chi connectivity index (χ0v) is 16.0. The fraction of sp³-hybridized carbons (Fsp3) is 0.400. The minimum Gasteiger partial charge on any atom is -0.481 e. The Hall–Kier alpha value is -2.22. The van der Waals surface area contributed by atoms with E-state index in [4.69, 9.17) is 9.15 Å². The highest BCUT2D eigenvalue weighted by Crippen LogP contribution is 2.34. The summed E-state index contributed by atoms with van der Waals surface area (Å²) in [6.07, 6.45) is 1.17. The summed E-state index contributed by atoms with van der Waals surface area (Å²) in [5.41, 5.74) is 0.218. The summed E-state index contributed by atoms with van der Waals surface area (Å²) in [4.78, 5) is 18.5. The van der Waals surface area contributed by atoms with Gasteiger partial charge in [0.25, 0.3) is 0 Å². The molecule has 1 aromatic carbocycles. The molecule has 4 rings (SSSR count). The van der Waals surface area contributed by atoms with Crippen LogP contribution in [-0.2, 0) is 16.1 Å². The number of thiazole rings is 1. The smallest absolute Gasteiger partial charge is 0.312 e. The first kappa shape index (κ1) is 18.2. The number of carboxylic acid groups (broad SMARTS) is 1. The molecule has 6 nitrogen and oxygen atoms in total. The van der Waals surface area contributed by atoms with Crippen LogP contribution in [0.4, 0.5) is 0 Å². The predicted molar refractivity (Wildman–Crippen MR) is 104 cm³/mol. The van der Waals surface area contributed by atoms with Gasteiger partial charge in [-0.05, 0) is 50.2 Å². The largest absolute Gasteiger partial charge is 0.481 e. The number of piperidine rings is 1. The van der Waals surface area contributed by atoms with Gasteiger partial charge in [-0.25, -0.2) is 4.98 Å². The van der Waals surface area contributed by atoms with Crippen LogP contribution in [0.5, 0.6) is 0 Å². The molecule has 0 unspecified atom stereocenters. The summed E-state index contributed by atoms with van der Waals surface area (Å²) in [5, 5.41) is 10.4. The number of rotatable bonds is 6. The third-order valence-corrected chi connectivity index (χ3v) is 6.28. The minimum atomic E-state index is -0.764. The van der Waals surface area contributed by atoms with Gasteiger partial charge in [0.15, 0.2) is 10.8 Å². The van der Waals surface area contributed by atoms with Gasteiger partial charge in [0.2, 0.25) is 0 Å². The van der Waals surface area contributed by atoms with Gasteiger partial charge < -0.3 is 14.3 Å². The number of carboxylic acids is 1. The summed E-state index contributed by atoms with van der Waals surface area (Å²) < 4.78 is 12.3. The lowest BCUT2D eigenvalue weighted by Crippen LogP contribution is -2.46. The number of furan rings is 1. The first-order valence-electron chi connectivity index (χ1n) is 8.99. The van der Waals surface area contributed by atoms with Gasteiger partial charge in [-0.3, -0.25) is 9.69 Å². The monoisotopic (exact) mass is 386 g/mol. The lowest BCUT2D eigenvalue weighted by atomic mass is 9.79. The van der Waals surface area contributed by atoms with E-state index in [0.717, 1.165) is 26.7 Å². The molecule has 0 spiro atoms. The molecule has 3 aromatic rings. The molecule has 1 fully saturated rings. The van der Waals surface area contributed by atoms with Crippen LogP contribution < -0.4 is 0 Å². The SMILES string of the molecule is COCC1(C(=O)O)CCN(Cc2ccc(-c3nc4ccccc4s3)o2)CC1. The average Bonchev–Trinajstić information content (AvgIpc) is 3.30. The van der Waals surface area contributed by atoms with E-state index in [9.17, 15) is 9.90 Å². The molecule has 27 heavy (non-hydrogen) atoms. The lowest BCUT2D eigenvalue weighted by molar-refractivity contribution is -0.156. The molecule has 1 aliphatic rings. The first-order valence-corrected chi connectivity index (χ1v) is 9.81. The van der Waals surface area contributed by atoms with Gasteiger partial charge in [-0.1, -0.05) is 12.1 Å². The van der Waals surface area contributed by atoms with Gasteiger partial charge in [-0.15, -0.1) is 11.3 Å². The number of para-hydroxylation sites is 1. The van der Waals surface area contributed by atoms with Crippen molar-refractivity contribution in [3.05, 3.63) is 42.2 Å². The van der Waals surface area contributed by atoms with Crippen LogP contribution in [0.1, 0.15) is 18.6 Å². The number of nitrogens with zero attached hydrogens (tertiary/aromatic N) is 2. The molecule has 0 amide bonds. The van der Waals surface area contributed by atoms with Crippen LogP contribution in [-0.4, -0.2) is 47.8 Å². The molecular weight excluding hydrogens is 364 g/mol. The second kappa shape index (κ2) is 7.42. The van der Waals surface area contributed by atoms with Crippen LogP contribution in [0.25, 0.3) is 21.0 Å².